The average Bonchev–Trinajstić information content (AvgIpc) is 3.27. The van der Waals surface area contributed by atoms with E-state index in [0.29, 0.717) is 19.3 Å². The highest BCUT2D eigenvalue weighted by Gasteiger charge is 2.19. The SMILES string of the molecule is CCCCCCCCCCCCCCCC(=O)O[C@@H](COC(=O)CCCCCCCCCCC)COC(=O)CCCCCCCCCCCCCCCCCCCCC(C)CC. The first-order chi connectivity index (χ1) is 30.4. The van der Waals surface area contributed by atoms with E-state index in [-0.39, 0.29) is 31.1 Å². The summed E-state index contributed by atoms with van der Waals surface area (Å²) in [5.74, 6) is 0.0676. The number of unbranched alkanes of at least 4 members (excludes halogenated alkanes) is 37. The van der Waals surface area contributed by atoms with Gasteiger partial charge >= 0.3 is 17.9 Å². The standard InChI is InChI=1S/C56H108O6/c1-5-8-10-12-14-16-17-24-29-33-37-41-45-49-56(59)62-53(50-60-54(57)47-43-39-35-30-15-13-11-9-6-2)51-61-55(58)48-44-40-36-32-28-26-23-21-19-18-20-22-25-27-31-34-38-42-46-52(4)7-3/h52-53H,5-51H2,1-4H3/t52?,53-/m0/s1. The van der Waals surface area contributed by atoms with Crippen LogP contribution in [0.15, 0.2) is 0 Å². The van der Waals surface area contributed by atoms with Gasteiger partial charge in [0.2, 0.25) is 0 Å². The van der Waals surface area contributed by atoms with E-state index in [1.165, 1.54) is 212 Å². The quantitative estimate of drug-likeness (QED) is 0.0344. The minimum absolute atomic E-state index is 0.0623. The van der Waals surface area contributed by atoms with E-state index in [4.69, 9.17) is 14.2 Å². The summed E-state index contributed by atoms with van der Waals surface area (Å²) in [6.07, 6.45) is 53.8. The van der Waals surface area contributed by atoms with E-state index in [0.717, 1.165) is 63.7 Å². The molecule has 0 saturated heterocycles. The topological polar surface area (TPSA) is 78.9 Å². The third-order valence-electron chi connectivity index (χ3n) is 13.2. The minimum Gasteiger partial charge on any atom is -0.462 e. The Morgan fingerprint density at radius 3 is 0.839 bits per heavy atom. The van der Waals surface area contributed by atoms with Crippen molar-refractivity contribution >= 4 is 17.9 Å². The van der Waals surface area contributed by atoms with Crippen molar-refractivity contribution in [1.29, 1.82) is 0 Å². The van der Waals surface area contributed by atoms with Crippen LogP contribution in [0, 0.1) is 5.92 Å². The van der Waals surface area contributed by atoms with Crippen molar-refractivity contribution in [2.24, 2.45) is 5.92 Å². The molecule has 0 heterocycles. The molecule has 0 saturated carbocycles. The minimum atomic E-state index is -0.760. The first-order valence-electron chi connectivity index (χ1n) is 27.9. The van der Waals surface area contributed by atoms with Gasteiger partial charge in [0, 0.05) is 19.3 Å². The maximum absolute atomic E-state index is 12.8. The van der Waals surface area contributed by atoms with Gasteiger partial charge in [0.1, 0.15) is 13.2 Å². The van der Waals surface area contributed by atoms with Gasteiger partial charge in [-0.3, -0.25) is 14.4 Å². The molecule has 0 aliphatic heterocycles. The van der Waals surface area contributed by atoms with Crippen LogP contribution in [0.25, 0.3) is 0 Å². The molecule has 0 fully saturated rings. The molecule has 0 amide bonds. The van der Waals surface area contributed by atoms with E-state index < -0.39 is 6.10 Å². The Bertz CT molecular complexity index is 935. The van der Waals surface area contributed by atoms with Crippen LogP contribution in [-0.2, 0) is 28.6 Å². The molecule has 0 aliphatic carbocycles. The zero-order chi connectivity index (χ0) is 45.2. The van der Waals surface area contributed by atoms with E-state index >= 15 is 0 Å². The lowest BCUT2D eigenvalue weighted by molar-refractivity contribution is -0.167. The maximum atomic E-state index is 12.8. The van der Waals surface area contributed by atoms with Crippen molar-refractivity contribution in [3.05, 3.63) is 0 Å². The fourth-order valence-corrected chi connectivity index (χ4v) is 8.54. The second-order valence-corrected chi connectivity index (χ2v) is 19.5. The van der Waals surface area contributed by atoms with Crippen LogP contribution in [0.2, 0.25) is 0 Å². The summed E-state index contributed by atoms with van der Waals surface area (Å²) in [5, 5.41) is 0. The Morgan fingerprint density at radius 1 is 0.323 bits per heavy atom. The molecule has 0 aromatic rings. The largest absolute Gasteiger partial charge is 0.462 e. The van der Waals surface area contributed by atoms with Gasteiger partial charge in [-0.2, -0.15) is 0 Å². The molecule has 0 aromatic carbocycles. The molecule has 2 atom stereocenters. The molecule has 0 N–H and O–H groups in total. The summed E-state index contributed by atoms with van der Waals surface area (Å²) >= 11 is 0. The fourth-order valence-electron chi connectivity index (χ4n) is 8.54. The van der Waals surface area contributed by atoms with Crippen LogP contribution in [0.3, 0.4) is 0 Å². The number of carbonyl (C=O) groups excluding carboxylic acids is 3. The van der Waals surface area contributed by atoms with Gasteiger partial charge < -0.3 is 14.2 Å². The predicted octanol–water partition coefficient (Wildman–Crippen LogP) is 18.2. The number of rotatable bonds is 51. The maximum Gasteiger partial charge on any atom is 0.306 e. The Labute approximate surface area is 387 Å². The van der Waals surface area contributed by atoms with E-state index in [2.05, 4.69) is 27.7 Å². The van der Waals surface area contributed by atoms with Gasteiger partial charge in [-0.15, -0.1) is 0 Å². The number of hydrogen-bond acceptors (Lipinski definition) is 6. The average molecular weight is 877 g/mol. The summed E-state index contributed by atoms with van der Waals surface area (Å²) in [4.78, 5) is 37.9. The smallest absolute Gasteiger partial charge is 0.306 e. The van der Waals surface area contributed by atoms with Crippen LogP contribution in [-0.4, -0.2) is 37.2 Å². The van der Waals surface area contributed by atoms with Gasteiger partial charge in [0.05, 0.1) is 0 Å². The molecular formula is C56H108O6. The first-order valence-corrected chi connectivity index (χ1v) is 27.9. The van der Waals surface area contributed by atoms with E-state index in [1.807, 2.05) is 0 Å². The monoisotopic (exact) mass is 877 g/mol. The van der Waals surface area contributed by atoms with Gasteiger partial charge in [-0.1, -0.05) is 278 Å². The van der Waals surface area contributed by atoms with Gasteiger partial charge in [0.15, 0.2) is 6.10 Å². The summed E-state index contributed by atoms with van der Waals surface area (Å²) in [7, 11) is 0. The van der Waals surface area contributed by atoms with Crippen molar-refractivity contribution in [3.8, 4) is 0 Å². The van der Waals surface area contributed by atoms with Crippen molar-refractivity contribution in [1.82, 2.24) is 0 Å². The van der Waals surface area contributed by atoms with Crippen LogP contribution < -0.4 is 0 Å². The second-order valence-electron chi connectivity index (χ2n) is 19.5. The molecule has 62 heavy (non-hydrogen) atoms. The Hall–Kier alpha value is -1.59. The summed E-state index contributed by atoms with van der Waals surface area (Å²) in [6.45, 7) is 9.07. The summed E-state index contributed by atoms with van der Waals surface area (Å²) in [5.41, 5.74) is 0. The fraction of sp³-hybridized carbons (Fsp3) is 0.946. The molecule has 0 spiro atoms. The lowest BCUT2D eigenvalue weighted by atomic mass is 9.99. The van der Waals surface area contributed by atoms with E-state index in [1.54, 1.807) is 0 Å². The van der Waals surface area contributed by atoms with Crippen molar-refractivity contribution in [3.63, 3.8) is 0 Å². The molecule has 0 aliphatic rings. The van der Waals surface area contributed by atoms with Crippen LogP contribution >= 0.6 is 0 Å². The number of carbonyl (C=O) groups is 3. The molecule has 6 nitrogen and oxygen atoms in total. The molecule has 0 aromatic heterocycles. The third-order valence-corrected chi connectivity index (χ3v) is 13.2. The Kier molecular flexibility index (Phi) is 49.1. The second kappa shape index (κ2) is 50.4. The Balaban J connectivity index is 4.16. The molecule has 1 unspecified atom stereocenters. The Morgan fingerprint density at radius 2 is 0.565 bits per heavy atom. The molecule has 6 heteroatoms. The molecule has 0 radical (unpaired) electrons. The molecule has 368 valence electrons. The van der Waals surface area contributed by atoms with Crippen LogP contribution in [0.1, 0.15) is 317 Å². The van der Waals surface area contributed by atoms with Crippen LogP contribution in [0.4, 0.5) is 0 Å². The number of ether oxygens (including phenoxy) is 3. The number of esters is 3. The van der Waals surface area contributed by atoms with Gasteiger partial charge in [-0.25, -0.2) is 0 Å². The highest BCUT2D eigenvalue weighted by molar-refractivity contribution is 5.71. The predicted molar refractivity (Wildman–Crippen MR) is 266 cm³/mol. The van der Waals surface area contributed by atoms with E-state index in [9.17, 15) is 14.4 Å². The van der Waals surface area contributed by atoms with Gasteiger partial charge in [-0.05, 0) is 25.2 Å². The lowest BCUT2D eigenvalue weighted by Gasteiger charge is -2.18. The van der Waals surface area contributed by atoms with Gasteiger partial charge in [0.25, 0.3) is 0 Å². The highest BCUT2D eigenvalue weighted by Crippen LogP contribution is 2.18. The first kappa shape index (κ1) is 60.4. The molecule has 0 bridgehead atoms. The zero-order valence-corrected chi connectivity index (χ0v) is 42.3. The normalized spacial score (nSPS) is 12.4. The van der Waals surface area contributed by atoms with Crippen LogP contribution in [0.5, 0.6) is 0 Å². The highest BCUT2D eigenvalue weighted by atomic mass is 16.6. The van der Waals surface area contributed by atoms with Crippen molar-refractivity contribution in [2.45, 2.75) is 323 Å². The molecular weight excluding hydrogens is 769 g/mol. The zero-order valence-electron chi connectivity index (χ0n) is 42.3. The van der Waals surface area contributed by atoms with Crippen molar-refractivity contribution < 1.29 is 28.6 Å². The lowest BCUT2D eigenvalue weighted by Crippen LogP contribution is -2.30. The molecule has 0 rings (SSSR count). The number of hydrogen-bond donors (Lipinski definition) is 0. The summed E-state index contributed by atoms with van der Waals surface area (Å²) < 4.78 is 16.8. The summed E-state index contributed by atoms with van der Waals surface area (Å²) in [6, 6.07) is 0. The third kappa shape index (κ3) is 47.9. The van der Waals surface area contributed by atoms with Crippen molar-refractivity contribution in [2.75, 3.05) is 13.2 Å².